The maximum absolute atomic E-state index is 11.8. The number of rotatable bonds is 1. The quantitative estimate of drug-likeness (QED) is 0.685. The molecule has 0 aliphatic heterocycles. The molecule has 14 heavy (non-hydrogen) atoms. The number of alkyl halides is 3. The van der Waals surface area contributed by atoms with Gasteiger partial charge in [0, 0.05) is 5.54 Å². The van der Waals surface area contributed by atoms with Gasteiger partial charge in [0.25, 0.3) is 5.91 Å². The van der Waals surface area contributed by atoms with E-state index in [4.69, 9.17) is 0 Å². The van der Waals surface area contributed by atoms with Crippen molar-refractivity contribution in [3.8, 4) is 0 Å². The smallest absolute Gasteiger partial charge is 0.259 e. The van der Waals surface area contributed by atoms with Crippen molar-refractivity contribution in [1.82, 2.24) is 5.32 Å². The summed E-state index contributed by atoms with van der Waals surface area (Å²) in [6.45, 7) is 0. The van der Waals surface area contributed by atoms with E-state index in [1.54, 1.807) is 0 Å². The molecule has 0 spiro atoms. The summed E-state index contributed by atoms with van der Waals surface area (Å²) in [5.74, 6) is 0.825. The molecule has 5 heteroatoms. The molecule has 0 aromatic heterocycles. The molecule has 1 amide bonds. The minimum absolute atomic E-state index is 0.0277. The Morgan fingerprint density at radius 3 is 2.21 bits per heavy atom. The number of nitrogens with one attached hydrogen (secondary N) is 1. The predicted molar refractivity (Wildman–Crippen MR) is 67.0 cm³/mol. The lowest BCUT2D eigenvalue weighted by Crippen LogP contribution is -2.49. The van der Waals surface area contributed by atoms with Gasteiger partial charge >= 0.3 is 0 Å². The van der Waals surface area contributed by atoms with E-state index in [2.05, 4.69) is 53.1 Å². The maximum atomic E-state index is 11.8. The second kappa shape index (κ2) is 3.74. The Hall–Kier alpha value is 0.910. The Kier molecular flexibility index (Phi) is 3.04. The average Bonchev–Trinajstić information content (AvgIpc) is 2.61. The first kappa shape index (κ1) is 11.4. The van der Waals surface area contributed by atoms with Crippen LogP contribution in [0.15, 0.2) is 0 Å². The molecule has 2 bridgehead atoms. The Bertz CT molecular complexity index is 253. The van der Waals surface area contributed by atoms with Gasteiger partial charge in [0.15, 0.2) is 0 Å². The molecule has 0 aromatic carbocycles. The zero-order valence-corrected chi connectivity index (χ0v) is 12.4. The van der Waals surface area contributed by atoms with Crippen molar-refractivity contribution in [2.75, 3.05) is 0 Å². The van der Waals surface area contributed by atoms with Crippen molar-refractivity contribution in [2.45, 2.75) is 39.8 Å². The molecule has 2 aliphatic rings. The molecule has 2 fully saturated rings. The van der Waals surface area contributed by atoms with Crippen molar-refractivity contribution in [3.63, 3.8) is 0 Å². The lowest BCUT2D eigenvalue weighted by Gasteiger charge is -2.29. The molecule has 2 aliphatic carbocycles. The van der Waals surface area contributed by atoms with Gasteiger partial charge in [-0.15, -0.1) is 0 Å². The van der Waals surface area contributed by atoms with Gasteiger partial charge in [-0.25, -0.2) is 0 Å². The average molecular weight is 390 g/mol. The number of hydrogen-bond acceptors (Lipinski definition) is 1. The van der Waals surface area contributed by atoms with Crippen molar-refractivity contribution in [3.05, 3.63) is 0 Å². The minimum Gasteiger partial charge on any atom is -0.348 e. The topological polar surface area (TPSA) is 29.1 Å². The second-order valence-corrected chi connectivity index (χ2v) is 11.1. The van der Waals surface area contributed by atoms with Crippen LogP contribution in [0.25, 0.3) is 0 Å². The fourth-order valence-electron chi connectivity index (χ4n) is 2.68. The zero-order valence-electron chi connectivity index (χ0n) is 7.66. The summed E-state index contributed by atoms with van der Waals surface area (Å²) in [6.07, 6.45) is 6.01. The molecular weight excluding hydrogens is 378 g/mol. The Balaban J connectivity index is 2.01. The van der Waals surface area contributed by atoms with E-state index in [1.807, 2.05) is 0 Å². The van der Waals surface area contributed by atoms with Crippen LogP contribution in [0, 0.1) is 5.92 Å². The summed E-state index contributed by atoms with van der Waals surface area (Å²) in [7, 11) is 0. The number of amides is 1. The summed E-state index contributed by atoms with van der Waals surface area (Å²) in [5.41, 5.74) is 0.0995. The standard InChI is InChI=1S/C9H12Br3NO/c10-9(11,12)7(14)13-8-3-1-6(5-8)2-4-8/h6H,1-5H2,(H,13,14). The second-order valence-electron chi connectivity index (χ2n) is 4.38. The molecule has 0 heterocycles. The molecule has 0 radical (unpaired) electrons. The highest BCUT2D eigenvalue weighted by Gasteiger charge is 2.47. The van der Waals surface area contributed by atoms with Crippen LogP contribution in [0.5, 0.6) is 0 Å². The van der Waals surface area contributed by atoms with Crippen LogP contribution in [0.1, 0.15) is 32.1 Å². The van der Waals surface area contributed by atoms with E-state index in [0.717, 1.165) is 18.8 Å². The van der Waals surface area contributed by atoms with Crippen molar-refractivity contribution < 1.29 is 4.79 Å². The molecule has 1 N–H and O–H groups in total. The number of halogens is 3. The third-order valence-electron chi connectivity index (χ3n) is 3.38. The number of fused-ring (bicyclic) bond motifs is 2. The number of carbonyl (C=O) groups excluding carboxylic acids is 1. The molecule has 0 aromatic rings. The van der Waals surface area contributed by atoms with E-state index < -0.39 is 2.14 Å². The van der Waals surface area contributed by atoms with Gasteiger partial charge in [-0.2, -0.15) is 0 Å². The van der Waals surface area contributed by atoms with Crippen LogP contribution in [0.3, 0.4) is 0 Å². The van der Waals surface area contributed by atoms with Gasteiger partial charge in [0.05, 0.1) is 0 Å². The Labute approximate surface area is 109 Å². The van der Waals surface area contributed by atoms with Crippen LogP contribution in [0.4, 0.5) is 0 Å². The van der Waals surface area contributed by atoms with E-state index in [9.17, 15) is 4.79 Å². The molecule has 2 nitrogen and oxygen atoms in total. The van der Waals surface area contributed by atoms with E-state index in [-0.39, 0.29) is 11.4 Å². The van der Waals surface area contributed by atoms with Gasteiger partial charge in [-0.1, -0.05) is 0 Å². The monoisotopic (exact) mass is 387 g/mol. The third-order valence-corrected chi connectivity index (χ3v) is 4.46. The van der Waals surface area contributed by atoms with Crippen molar-refractivity contribution in [1.29, 1.82) is 0 Å². The number of hydrogen-bond donors (Lipinski definition) is 1. The highest BCUT2D eigenvalue weighted by molar-refractivity contribution is 9.40. The summed E-state index contributed by atoms with van der Waals surface area (Å²) in [5, 5.41) is 3.14. The molecule has 80 valence electrons. The molecular formula is C9H12Br3NO. The normalized spacial score (nSPS) is 36.1. The summed E-state index contributed by atoms with van der Waals surface area (Å²) < 4.78 is -0.803. The molecule has 2 saturated carbocycles. The van der Waals surface area contributed by atoms with E-state index >= 15 is 0 Å². The first-order valence-electron chi connectivity index (χ1n) is 4.81. The Morgan fingerprint density at radius 2 is 1.86 bits per heavy atom. The first-order chi connectivity index (χ1) is 6.41. The van der Waals surface area contributed by atoms with Gasteiger partial charge in [-0.05, 0) is 85.8 Å². The van der Waals surface area contributed by atoms with Crippen LogP contribution >= 0.6 is 47.8 Å². The number of carbonyl (C=O) groups is 1. The summed E-state index contributed by atoms with van der Waals surface area (Å²) in [4.78, 5) is 11.8. The summed E-state index contributed by atoms with van der Waals surface area (Å²) >= 11 is 9.72. The minimum atomic E-state index is -0.803. The molecule has 2 rings (SSSR count). The lowest BCUT2D eigenvalue weighted by molar-refractivity contribution is -0.121. The highest BCUT2D eigenvalue weighted by Crippen LogP contribution is 2.48. The lowest BCUT2D eigenvalue weighted by atomic mass is 9.94. The molecule has 0 unspecified atom stereocenters. The fraction of sp³-hybridized carbons (Fsp3) is 0.889. The largest absolute Gasteiger partial charge is 0.348 e. The summed E-state index contributed by atoms with van der Waals surface area (Å²) in [6, 6.07) is 0. The van der Waals surface area contributed by atoms with Crippen molar-refractivity contribution >= 4 is 53.7 Å². The molecule has 0 saturated heterocycles. The predicted octanol–water partition coefficient (Wildman–Crippen LogP) is 3.27. The third kappa shape index (κ3) is 2.19. The van der Waals surface area contributed by atoms with Crippen LogP contribution < -0.4 is 5.32 Å². The SMILES string of the molecule is O=C(NC12CCC(CC1)C2)C(Br)(Br)Br. The molecule has 0 atom stereocenters. The Morgan fingerprint density at radius 1 is 1.29 bits per heavy atom. The van der Waals surface area contributed by atoms with Crippen LogP contribution in [0.2, 0.25) is 0 Å². The van der Waals surface area contributed by atoms with Crippen molar-refractivity contribution in [2.24, 2.45) is 5.92 Å². The van der Waals surface area contributed by atoms with Gasteiger partial charge in [-0.3, -0.25) is 4.79 Å². The van der Waals surface area contributed by atoms with Crippen LogP contribution in [-0.4, -0.2) is 13.6 Å². The first-order valence-corrected chi connectivity index (χ1v) is 7.19. The van der Waals surface area contributed by atoms with Gasteiger partial charge in [0.1, 0.15) is 0 Å². The highest BCUT2D eigenvalue weighted by atomic mass is 80.0. The maximum Gasteiger partial charge on any atom is 0.259 e. The van der Waals surface area contributed by atoms with Crippen LogP contribution in [-0.2, 0) is 4.79 Å². The van der Waals surface area contributed by atoms with E-state index in [0.29, 0.717) is 0 Å². The zero-order chi connectivity index (χ0) is 10.4. The van der Waals surface area contributed by atoms with E-state index in [1.165, 1.54) is 19.3 Å². The van der Waals surface area contributed by atoms with Gasteiger partial charge in [0.2, 0.25) is 2.14 Å². The van der Waals surface area contributed by atoms with Gasteiger partial charge < -0.3 is 5.32 Å². The fourth-order valence-corrected chi connectivity index (χ4v) is 2.98.